The van der Waals surface area contributed by atoms with Crippen molar-refractivity contribution in [3.8, 4) is 5.82 Å². The van der Waals surface area contributed by atoms with E-state index < -0.39 is 0 Å². The van der Waals surface area contributed by atoms with Crippen LogP contribution in [0.4, 0.5) is 5.69 Å². The second-order valence-electron chi connectivity index (χ2n) is 6.83. The SMILES string of the molecule is Cc1nn(-c2ccc(NC(=O)[C@H]3CC(=O)N(C(C)C)C3)cn2)c(C)c1Cl. The Labute approximate surface area is 157 Å². The van der Waals surface area contributed by atoms with E-state index >= 15 is 0 Å². The molecule has 1 aliphatic rings. The molecule has 0 bridgehead atoms. The molecule has 7 nitrogen and oxygen atoms in total. The summed E-state index contributed by atoms with van der Waals surface area (Å²) in [5.41, 5.74) is 2.14. The van der Waals surface area contributed by atoms with Gasteiger partial charge in [0.05, 0.1) is 34.2 Å². The number of hydrogen-bond donors (Lipinski definition) is 1. The highest BCUT2D eigenvalue weighted by Gasteiger charge is 2.35. The summed E-state index contributed by atoms with van der Waals surface area (Å²) in [7, 11) is 0. The molecule has 0 radical (unpaired) electrons. The van der Waals surface area contributed by atoms with Crippen LogP contribution in [0.15, 0.2) is 18.3 Å². The van der Waals surface area contributed by atoms with Gasteiger partial charge in [0.1, 0.15) is 0 Å². The molecule has 2 aromatic heterocycles. The van der Waals surface area contributed by atoms with Gasteiger partial charge in [0.25, 0.3) is 0 Å². The first-order chi connectivity index (χ1) is 12.3. The zero-order chi connectivity index (χ0) is 19.0. The number of aromatic nitrogens is 3. The molecule has 0 unspecified atom stereocenters. The van der Waals surface area contributed by atoms with E-state index in [0.717, 1.165) is 11.4 Å². The largest absolute Gasteiger partial charge is 0.339 e. The number of anilines is 1. The van der Waals surface area contributed by atoms with Crippen molar-refractivity contribution in [1.82, 2.24) is 19.7 Å². The van der Waals surface area contributed by atoms with Gasteiger partial charge in [0.15, 0.2) is 5.82 Å². The van der Waals surface area contributed by atoms with Gasteiger partial charge in [-0.1, -0.05) is 11.6 Å². The summed E-state index contributed by atoms with van der Waals surface area (Å²) in [6.07, 6.45) is 1.83. The summed E-state index contributed by atoms with van der Waals surface area (Å²) in [5, 5.41) is 7.81. The number of nitrogens with one attached hydrogen (secondary N) is 1. The number of halogens is 1. The minimum atomic E-state index is -0.334. The molecule has 8 heteroatoms. The Morgan fingerprint density at radius 2 is 2.08 bits per heavy atom. The number of hydrogen-bond acceptors (Lipinski definition) is 4. The Kier molecular flexibility index (Phi) is 5.00. The third-order valence-electron chi connectivity index (χ3n) is 4.59. The first kappa shape index (κ1) is 18.4. The molecule has 1 saturated heterocycles. The second-order valence-corrected chi connectivity index (χ2v) is 7.21. The Hall–Kier alpha value is -2.41. The van der Waals surface area contributed by atoms with E-state index in [2.05, 4.69) is 15.4 Å². The van der Waals surface area contributed by atoms with Crippen molar-refractivity contribution in [3.05, 3.63) is 34.7 Å². The molecule has 1 fully saturated rings. The maximum Gasteiger partial charge on any atom is 0.229 e. The Morgan fingerprint density at radius 1 is 1.35 bits per heavy atom. The van der Waals surface area contributed by atoms with Gasteiger partial charge in [-0.25, -0.2) is 9.67 Å². The highest BCUT2D eigenvalue weighted by atomic mass is 35.5. The molecule has 1 N–H and O–H groups in total. The number of aryl methyl sites for hydroxylation is 1. The van der Waals surface area contributed by atoms with Gasteiger partial charge in [0, 0.05) is 19.0 Å². The number of carbonyl (C=O) groups is 2. The predicted molar refractivity (Wildman–Crippen MR) is 99.4 cm³/mol. The molecule has 1 aliphatic heterocycles. The molecule has 2 amide bonds. The van der Waals surface area contributed by atoms with Crippen LogP contribution in [0, 0.1) is 19.8 Å². The first-order valence-corrected chi connectivity index (χ1v) is 8.94. The highest BCUT2D eigenvalue weighted by molar-refractivity contribution is 6.31. The van der Waals surface area contributed by atoms with Gasteiger partial charge < -0.3 is 10.2 Å². The minimum absolute atomic E-state index is 0.0232. The van der Waals surface area contributed by atoms with Gasteiger partial charge in [-0.05, 0) is 39.8 Å². The highest BCUT2D eigenvalue weighted by Crippen LogP contribution is 2.23. The minimum Gasteiger partial charge on any atom is -0.339 e. The normalized spacial score (nSPS) is 17.2. The first-order valence-electron chi connectivity index (χ1n) is 8.56. The van der Waals surface area contributed by atoms with Crippen LogP contribution in [0.5, 0.6) is 0 Å². The van der Waals surface area contributed by atoms with Crippen molar-refractivity contribution in [1.29, 1.82) is 0 Å². The number of carbonyl (C=O) groups excluding carboxylic acids is 2. The van der Waals surface area contributed by atoms with Crippen LogP contribution in [0.1, 0.15) is 31.7 Å². The molecule has 2 aromatic rings. The quantitative estimate of drug-likeness (QED) is 0.891. The molecule has 3 rings (SSSR count). The molecular weight excluding hydrogens is 354 g/mol. The summed E-state index contributed by atoms with van der Waals surface area (Å²) in [6, 6.07) is 3.64. The fourth-order valence-corrected chi connectivity index (χ4v) is 3.20. The Balaban J connectivity index is 1.69. The van der Waals surface area contributed by atoms with Crippen molar-refractivity contribution in [3.63, 3.8) is 0 Å². The zero-order valence-electron chi connectivity index (χ0n) is 15.3. The van der Waals surface area contributed by atoms with Crippen molar-refractivity contribution in [2.75, 3.05) is 11.9 Å². The number of amides is 2. The van der Waals surface area contributed by atoms with Gasteiger partial charge in [-0.2, -0.15) is 5.10 Å². The number of pyridine rings is 1. The molecule has 0 spiro atoms. The lowest BCUT2D eigenvalue weighted by Crippen LogP contribution is -2.33. The van der Waals surface area contributed by atoms with Crippen LogP contribution in [0.3, 0.4) is 0 Å². The van der Waals surface area contributed by atoms with Gasteiger partial charge in [-0.3, -0.25) is 9.59 Å². The number of likely N-dealkylation sites (tertiary alicyclic amines) is 1. The molecule has 0 aliphatic carbocycles. The Morgan fingerprint density at radius 3 is 2.58 bits per heavy atom. The van der Waals surface area contributed by atoms with E-state index in [0.29, 0.717) is 23.1 Å². The fourth-order valence-electron chi connectivity index (χ4n) is 3.08. The standard InChI is InChI=1S/C18H22ClN5O2/c1-10(2)23-9-13(7-16(23)25)18(26)21-14-5-6-15(20-8-14)24-12(4)17(19)11(3)22-24/h5-6,8,10,13H,7,9H2,1-4H3,(H,21,26)/t13-/m0/s1. The van der Waals surface area contributed by atoms with E-state index in [4.69, 9.17) is 11.6 Å². The summed E-state index contributed by atoms with van der Waals surface area (Å²) in [4.78, 5) is 30.5. The van der Waals surface area contributed by atoms with E-state index in [9.17, 15) is 9.59 Å². The summed E-state index contributed by atoms with van der Waals surface area (Å²) in [5.74, 6) is 0.150. The van der Waals surface area contributed by atoms with Crippen LogP contribution < -0.4 is 5.32 Å². The van der Waals surface area contributed by atoms with Crippen molar-refractivity contribution >= 4 is 29.1 Å². The summed E-state index contributed by atoms with van der Waals surface area (Å²) >= 11 is 6.17. The average molecular weight is 376 g/mol. The maximum atomic E-state index is 12.4. The lowest BCUT2D eigenvalue weighted by molar-refractivity contribution is -0.129. The number of nitrogens with zero attached hydrogens (tertiary/aromatic N) is 4. The molecule has 3 heterocycles. The van der Waals surface area contributed by atoms with Gasteiger partial charge >= 0.3 is 0 Å². The predicted octanol–water partition coefficient (Wildman–Crippen LogP) is 2.73. The second kappa shape index (κ2) is 7.07. The summed E-state index contributed by atoms with van der Waals surface area (Å²) in [6.45, 7) is 8.07. The molecule has 138 valence electrons. The monoisotopic (exact) mass is 375 g/mol. The maximum absolute atomic E-state index is 12.4. The van der Waals surface area contributed by atoms with E-state index in [1.165, 1.54) is 0 Å². The zero-order valence-corrected chi connectivity index (χ0v) is 16.0. The van der Waals surface area contributed by atoms with Crippen molar-refractivity contribution in [2.24, 2.45) is 5.92 Å². The molecule has 0 saturated carbocycles. The van der Waals surface area contributed by atoms with Gasteiger partial charge in [0.2, 0.25) is 11.8 Å². The van der Waals surface area contributed by atoms with Crippen LogP contribution in [-0.2, 0) is 9.59 Å². The molecular formula is C18H22ClN5O2. The lowest BCUT2D eigenvalue weighted by atomic mass is 10.1. The molecule has 1 atom stereocenters. The van der Waals surface area contributed by atoms with Crippen molar-refractivity contribution < 1.29 is 9.59 Å². The number of rotatable bonds is 4. The smallest absolute Gasteiger partial charge is 0.229 e. The van der Waals surface area contributed by atoms with Crippen LogP contribution in [0.25, 0.3) is 5.82 Å². The van der Waals surface area contributed by atoms with Crippen LogP contribution in [-0.4, -0.2) is 44.1 Å². The Bertz CT molecular complexity index is 844. The topological polar surface area (TPSA) is 80.1 Å². The molecule has 0 aromatic carbocycles. The van der Waals surface area contributed by atoms with E-state index in [1.807, 2.05) is 27.7 Å². The average Bonchev–Trinajstić information content (AvgIpc) is 3.11. The van der Waals surface area contributed by atoms with Crippen molar-refractivity contribution in [2.45, 2.75) is 40.2 Å². The lowest BCUT2D eigenvalue weighted by Gasteiger charge is -2.20. The van der Waals surface area contributed by atoms with Crippen LogP contribution >= 0.6 is 11.6 Å². The van der Waals surface area contributed by atoms with E-state index in [-0.39, 0.29) is 30.2 Å². The molecule has 26 heavy (non-hydrogen) atoms. The van der Waals surface area contributed by atoms with Crippen LogP contribution in [0.2, 0.25) is 5.02 Å². The third-order valence-corrected chi connectivity index (χ3v) is 5.13. The van der Waals surface area contributed by atoms with E-state index in [1.54, 1.807) is 27.9 Å². The fraction of sp³-hybridized carbons (Fsp3) is 0.444. The van der Waals surface area contributed by atoms with Gasteiger partial charge in [-0.15, -0.1) is 0 Å². The third kappa shape index (κ3) is 3.44. The summed E-state index contributed by atoms with van der Waals surface area (Å²) < 4.78 is 1.67.